The Kier molecular flexibility index (Phi) is 27.7. The summed E-state index contributed by atoms with van der Waals surface area (Å²) in [4.78, 5) is 0. The van der Waals surface area contributed by atoms with Crippen molar-refractivity contribution in [1.29, 1.82) is 0 Å². The van der Waals surface area contributed by atoms with Crippen molar-refractivity contribution in [3.63, 3.8) is 0 Å². The molecule has 2 aromatic rings. The van der Waals surface area contributed by atoms with Crippen molar-refractivity contribution in [1.82, 2.24) is 0 Å². The van der Waals surface area contributed by atoms with Crippen molar-refractivity contribution < 1.29 is 26.2 Å². The minimum absolute atomic E-state index is 0. The van der Waals surface area contributed by atoms with Crippen molar-refractivity contribution in [2.45, 2.75) is 52.4 Å². The molecule has 2 radical (unpaired) electrons. The summed E-state index contributed by atoms with van der Waals surface area (Å²) in [5.41, 5.74) is 5.51. The van der Waals surface area contributed by atoms with Crippen LogP contribution < -0.4 is 0 Å². The molecule has 4 rings (SSSR count). The second-order valence-corrected chi connectivity index (χ2v) is 6.11. The summed E-state index contributed by atoms with van der Waals surface area (Å²) in [7, 11) is 0. The first kappa shape index (κ1) is 36.0. The van der Waals surface area contributed by atoms with E-state index in [1.807, 2.05) is 18.2 Å². The average Bonchev–Trinajstić information content (AvgIpc) is 3.31. The molecule has 0 nitrogen and oxygen atoms in total. The molecule has 0 aromatic heterocycles. The van der Waals surface area contributed by atoms with Gasteiger partial charge in [0, 0.05) is 0 Å². The number of hydrogen-bond donors (Lipinski definition) is 0. The van der Waals surface area contributed by atoms with Crippen LogP contribution in [0.15, 0.2) is 60.7 Å². The van der Waals surface area contributed by atoms with Crippen molar-refractivity contribution in [2.24, 2.45) is 0 Å². The first-order valence-electron chi connectivity index (χ1n) is 9.16. The Balaban J connectivity index is -0.000000170. The van der Waals surface area contributed by atoms with E-state index in [0.717, 1.165) is 12.8 Å². The molecule has 0 unspecified atom stereocenters. The number of unbranched alkanes of at least 4 members (excludes halogenated alkanes) is 3. The van der Waals surface area contributed by atoms with Crippen molar-refractivity contribution in [3.05, 3.63) is 91.4 Å². The van der Waals surface area contributed by atoms with Gasteiger partial charge in [-0.25, -0.2) is 12.2 Å². The van der Waals surface area contributed by atoms with Gasteiger partial charge in [-0.3, -0.25) is 6.08 Å². The fraction of sp³-hybridized carbons (Fsp3) is 0.320. The number of rotatable bonds is 3. The van der Waals surface area contributed by atoms with Gasteiger partial charge in [0.25, 0.3) is 0 Å². The minimum Gasteiger partial charge on any atom is -0.358 e. The molecule has 158 valence electrons. The number of allylic oxidation sites excluding steroid dienone is 4. The Hall–Kier alpha value is -0.400. The van der Waals surface area contributed by atoms with E-state index in [-0.39, 0.29) is 69.4 Å². The Morgan fingerprint density at radius 2 is 1.52 bits per heavy atom. The third-order valence-corrected chi connectivity index (χ3v) is 4.16. The van der Waals surface area contributed by atoms with Gasteiger partial charge in [-0.15, -0.1) is 36.8 Å². The molecule has 2 aliphatic carbocycles. The first-order valence-corrected chi connectivity index (χ1v) is 9.16. The van der Waals surface area contributed by atoms with Crippen molar-refractivity contribution in [2.75, 3.05) is 0 Å². The molecule has 0 spiro atoms. The summed E-state index contributed by atoms with van der Waals surface area (Å²) in [5, 5.41) is 0. The molecule has 0 heterocycles. The number of halogens is 2. The molecule has 29 heavy (non-hydrogen) atoms. The zero-order valence-electron chi connectivity index (χ0n) is 18.3. The van der Waals surface area contributed by atoms with E-state index in [4.69, 9.17) is 0 Å². The molecular weight excluding hydrogens is 490 g/mol. The third-order valence-electron chi connectivity index (χ3n) is 4.16. The van der Waals surface area contributed by atoms with Crippen LogP contribution in [-0.2, 0) is 32.6 Å². The topological polar surface area (TPSA) is 0 Å². The Morgan fingerprint density at radius 3 is 2.03 bits per heavy atom. The minimum atomic E-state index is 0. The molecule has 0 atom stereocenters. The maximum atomic E-state index is 3.30. The largest absolute Gasteiger partial charge is 3.00 e. The predicted molar refractivity (Wildman–Crippen MR) is 136 cm³/mol. The van der Waals surface area contributed by atoms with Crippen molar-refractivity contribution >= 4 is 35.8 Å². The molecule has 0 N–H and O–H groups in total. The third kappa shape index (κ3) is 12.8. The summed E-state index contributed by atoms with van der Waals surface area (Å²) in [5.74, 6) is 0. The summed E-state index contributed by atoms with van der Waals surface area (Å²) in [6, 6.07) is 18.1. The Labute approximate surface area is 215 Å². The van der Waals surface area contributed by atoms with Crippen molar-refractivity contribution in [3.8, 4) is 11.1 Å². The van der Waals surface area contributed by atoms with Gasteiger partial charge < -0.3 is 7.43 Å². The van der Waals surface area contributed by atoms with Crippen LogP contribution in [0.5, 0.6) is 0 Å². The van der Waals surface area contributed by atoms with Gasteiger partial charge in [-0.1, -0.05) is 74.9 Å². The van der Waals surface area contributed by atoms with E-state index in [0.29, 0.717) is 0 Å². The zero-order valence-corrected chi connectivity index (χ0v) is 24.4. The monoisotopic (exact) mass is 524 g/mol. The Morgan fingerprint density at radius 1 is 0.897 bits per heavy atom. The second-order valence-electron chi connectivity index (χ2n) is 6.11. The predicted octanol–water partition coefficient (Wildman–Crippen LogP) is 7.06. The van der Waals surface area contributed by atoms with E-state index >= 15 is 0 Å². The van der Waals surface area contributed by atoms with Crippen LogP contribution in [0.2, 0.25) is 0 Å². The van der Waals surface area contributed by atoms with E-state index in [1.54, 1.807) is 0 Å². The molecule has 0 fully saturated rings. The Bertz CT molecular complexity index is 627. The molecule has 2 aromatic carbocycles. The smallest absolute Gasteiger partial charge is 0.358 e. The van der Waals surface area contributed by atoms with Gasteiger partial charge in [0.2, 0.25) is 0 Å². The SMILES string of the molecule is CCCCCC.Cl.Cl.[C-]1=CC=CC1.[CH3-].[SiH3].[Zr+3].[c-]1cccc2c1Cc1ccccc1-2. The normalized spacial score (nSPS) is 10.4. The molecule has 4 heteroatoms. The molecule has 0 bridgehead atoms. The average molecular weight is 527 g/mol. The van der Waals surface area contributed by atoms with Gasteiger partial charge in [0.05, 0.1) is 0 Å². The van der Waals surface area contributed by atoms with Gasteiger partial charge in [0.1, 0.15) is 0 Å². The fourth-order valence-corrected chi connectivity index (χ4v) is 2.84. The van der Waals surface area contributed by atoms with Crippen LogP contribution in [0, 0.1) is 19.6 Å². The second kappa shape index (κ2) is 22.3. The van der Waals surface area contributed by atoms with Gasteiger partial charge >= 0.3 is 26.2 Å². The summed E-state index contributed by atoms with van der Waals surface area (Å²) >= 11 is 0. The van der Waals surface area contributed by atoms with Crippen LogP contribution in [0.3, 0.4) is 0 Å². The molecule has 2 aliphatic rings. The van der Waals surface area contributed by atoms with E-state index in [1.165, 1.54) is 47.9 Å². The van der Waals surface area contributed by atoms with Crippen LogP contribution in [0.1, 0.15) is 57.1 Å². The summed E-state index contributed by atoms with van der Waals surface area (Å²) in [6.07, 6.45) is 16.6. The number of benzene rings is 2. The van der Waals surface area contributed by atoms with Crippen LogP contribution in [0.4, 0.5) is 0 Å². The fourth-order valence-electron chi connectivity index (χ4n) is 2.84. The van der Waals surface area contributed by atoms with E-state index < -0.39 is 0 Å². The maximum absolute atomic E-state index is 3.30. The van der Waals surface area contributed by atoms with Crippen LogP contribution in [-0.4, -0.2) is 11.0 Å². The molecule has 0 amide bonds. The molecule has 0 aliphatic heterocycles. The van der Waals surface area contributed by atoms with Crippen LogP contribution in [0.25, 0.3) is 11.1 Å². The standard InChI is InChI=1S/C13H9.C6H14.C5H5.CH3.2ClH.H3Si.Zr/c1-3-7-12-10(5-1)9-11-6-2-4-8-13(11)12;1-3-5-6-4-2;1-2-4-5-3-1;;;;;/h1-5,7-8H,9H2;3-6H2,1-2H3;1-3H,4H2;1H3;2*1H;1H3;/q-1;;2*-1;;;;+3. The first-order chi connectivity index (χ1) is 11.9. The zero-order chi connectivity index (χ0) is 17.0. The van der Waals surface area contributed by atoms with Crippen LogP contribution >= 0.6 is 24.8 Å². The van der Waals surface area contributed by atoms with E-state index in [9.17, 15) is 0 Å². The van der Waals surface area contributed by atoms with E-state index in [2.05, 4.69) is 68.5 Å². The number of hydrogen-bond acceptors (Lipinski definition) is 0. The quantitative estimate of drug-likeness (QED) is 0.195. The van der Waals surface area contributed by atoms with Gasteiger partial charge in [-0.05, 0) is 17.4 Å². The maximum Gasteiger partial charge on any atom is 3.00 e. The van der Waals surface area contributed by atoms with Gasteiger partial charge in [0.15, 0.2) is 0 Å². The molecular formula is C25H36Cl2SiZr. The summed E-state index contributed by atoms with van der Waals surface area (Å²) < 4.78 is 0. The van der Waals surface area contributed by atoms with Gasteiger partial charge in [-0.2, -0.15) is 35.9 Å². The summed E-state index contributed by atoms with van der Waals surface area (Å²) in [6.45, 7) is 4.46. The number of fused-ring (bicyclic) bond motifs is 3. The molecule has 0 saturated carbocycles. The molecule has 0 saturated heterocycles.